The van der Waals surface area contributed by atoms with Crippen molar-refractivity contribution in [2.75, 3.05) is 13.7 Å². The van der Waals surface area contributed by atoms with E-state index in [1.54, 1.807) is 6.92 Å². The molecule has 0 aromatic carbocycles. The standard InChI is InChI=1S/C12H15F3N2O4/c1-3-20-9(18)4-8-10(21-12(13,14)15)7(5-16)6-17-11(8)19-2/h6H,3-5,16H2,1-2H3. The van der Waals surface area contributed by atoms with Gasteiger partial charge in [-0.2, -0.15) is 0 Å². The maximum Gasteiger partial charge on any atom is 0.573 e. The topological polar surface area (TPSA) is 83.7 Å². The molecule has 6 nitrogen and oxygen atoms in total. The number of carbonyl (C=O) groups excluding carboxylic acids is 1. The highest BCUT2D eigenvalue weighted by molar-refractivity contribution is 5.75. The Morgan fingerprint density at radius 3 is 2.57 bits per heavy atom. The third-order valence-corrected chi connectivity index (χ3v) is 2.42. The summed E-state index contributed by atoms with van der Waals surface area (Å²) in [5.41, 5.74) is 5.23. The molecule has 1 aromatic heterocycles. The van der Waals surface area contributed by atoms with Gasteiger partial charge in [0.2, 0.25) is 5.88 Å². The number of esters is 1. The number of halogens is 3. The molecule has 2 N–H and O–H groups in total. The van der Waals surface area contributed by atoms with Gasteiger partial charge in [0.05, 0.1) is 25.7 Å². The third-order valence-electron chi connectivity index (χ3n) is 2.42. The van der Waals surface area contributed by atoms with Crippen molar-refractivity contribution in [1.82, 2.24) is 4.98 Å². The molecule has 0 aliphatic rings. The fraction of sp³-hybridized carbons (Fsp3) is 0.500. The van der Waals surface area contributed by atoms with Crippen LogP contribution in [-0.2, 0) is 22.5 Å². The molecule has 0 aliphatic carbocycles. The second kappa shape index (κ2) is 7.11. The van der Waals surface area contributed by atoms with Crippen LogP contribution in [0, 0.1) is 0 Å². The lowest BCUT2D eigenvalue weighted by molar-refractivity contribution is -0.275. The highest BCUT2D eigenvalue weighted by Crippen LogP contribution is 2.34. The molecule has 0 saturated heterocycles. The van der Waals surface area contributed by atoms with Gasteiger partial charge in [-0.1, -0.05) is 0 Å². The van der Waals surface area contributed by atoms with Crippen molar-refractivity contribution >= 4 is 5.97 Å². The molecule has 0 spiro atoms. The van der Waals surface area contributed by atoms with Gasteiger partial charge in [0, 0.05) is 18.3 Å². The molecule has 0 aliphatic heterocycles. The predicted octanol–water partition coefficient (Wildman–Crippen LogP) is 1.55. The fourth-order valence-corrected chi connectivity index (χ4v) is 1.64. The molecule has 0 unspecified atom stereocenters. The van der Waals surface area contributed by atoms with E-state index in [0.29, 0.717) is 0 Å². The molecule has 0 amide bonds. The van der Waals surface area contributed by atoms with E-state index >= 15 is 0 Å². The number of hydrogen-bond acceptors (Lipinski definition) is 6. The highest BCUT2D eigenvalue weighted by atomic mass is 19.4. The maximum atomic E-state index is 12.5. The maximum absolute atomic E-state index is 12.5. The Kier molecular flexibility index (Phi) is 5.77. The van der Waals surface area contributed by atoms with Crippen molar-refractivity contribution in [1.29, 1.82) is 0 Å². The molecule has 0 radical (unpaired) electrons. The number of nitrogens with two attached hydrogens (primary N) is 1. The molecule has 0 saturated carbocycles. The molecule has 1 rings (SSSR count). The lowest BCUT2D eigenvalue weighted by Crippen LogP contribution is -2.21. The summed E-state index contributed by atoms with van der Waals surface area (Å²) in [4.78, 5) is 15.3. The largest absolute Gasteiger partial charge is 0.573 e. The van der Waals surface area contributed by atoms with Crippen molar-refractivity contribution in [3.63, 3.8) is 0 Å². The second-order valence-electron chi connectivity index (χ2n) is 3.83. The molecule has 1 heterocycles. The highest BCUT2D eigenvalue weighted by Gasteiger charge is 2.34. The van der Waals surface area contributed by atoms with Crippen molar-refractivity contribution in [2.24, 2.45) is 5.73 Å². The predicted molar refractivity (Wildman–Crippen MR) is 65.7 cm³/mol. The Bertz CT molecular complexity index is 506. The average molecular weight is 308 g/mol. The number of aromatic nitrogens is 1. The number of carbonyl (C=O) groups is 1. The second-order valence-corrected chi connectivity index (χ2v) is 3.83. The van der Waals surface area contributed by atoms with Crippen LogP contribution in [-0.4, -0.2) is 31.0 Å². The number of methoxy groups -OCH3 is 1. The van der Waals surface area contributed by atoms with Crippen molar-refractivity contribution in [2.45, 2.75) is 26.3 Å². The molecule has 118 valence electrons. The number of pyridine rings is 1. The summed E-state index contributed by atoms with van der Waals surface area (Å²) in [6.45, 7) is 1.44. The molecule has 0 fully saturated rings. The normalized spacial score (nSPS) is 11.1. The van der Waals surface area contributed by atoms with Gasteiger partial charge >= 0.3 is 12.3 Å². The molecule has 0 atom stereocenters. The molecular formula is C12H15F3N2O4. The summed E-state index contributed by atoms with van der Waals surface area (Å²) in [6.07, 6.45) is -4.29. The number of nitrogens with zero attached hydrogens (tertiary/aromatic N) is 1. The summed E-state index contributed by atoms with van der Waals surface area (Å²) in [6, 6.07) is 0. The van der Waals surface area contributed by atoms with E-state index in [1.807, 2.05) is 0 Å². The Balaban J connectivity index is 3.29. The smallest absolute Gasteiger partial charge is 0.481 e. The van der Waals surface area contributed by atoms with Crippen LogP contribution in [0.25, 0.3) is 0 Å². The number of ether oxygens (including phenoxy) is 3. The third kappa shape index (κ3) is 4.78. The Morgan fingerprint density at radius 1 is 1.43 bits per heavy atom. The van der Waals surface area contributed by atoms with Crippen LogP contribution in [0.5, 0.6) is 11.6 Å². The van der Waals surface area contributed by atoms with Crippen LogP contribution in [0.15, 0.2) is 6.20 Å². The zero-order valence-electron chi connectivity index (χ0n) is 11.5. The van der Waals surface area contributed by atoms with Crippen LogP contribution in [0.4, 0.5) is 13.2 Å². The minimum absolute atomic E-state index is 0.00687. The van der Waals surface area contributed by atoms with E-state index in [0.717, 1.165) is 6.20 Å². The van der Waals surface area contributed by atoms with Crippen molar-refractivity contribution < 1.29 is 32.2 Å². The van der Waals surface area contributed by atoms with E-state index in [4.69, 9.17) is 15.2 Å². The monoisotopic (exact) mass is 308 g/mol. The first-order chi connectivity index (χ1) is 9.82. The molecular weight excluding hydrogens is 293 g/mol. The Labute approximate surface area is 119 Å². The SMILES string of the molecule is CCOC(=O)Cc1c(OC)ncc(CN)c1OC(F)(F)F. The Morgan fingerprint density at radius 2 is 2.10 bits per heavy atom. The van der Waals surface area contributed by atoms with E-state index in [9.17, 15) is 18.0 Å². The van der Waals surface area contributed by atoms with E-state index in [1.165, 1.54) is 7.11 Å². The summed E-state index contributed by atoms with van der Waals surface area (Å²) in [7, 11) is 1.22. The van der Waals surface area contributed by atoms with Gasteiger partial charge in [-0.15, -0.1) is 13.2 Å². The minimum atomic E-state index is -4.93. The molecule has 0 bridgehead atoms. The Hall–Kier alpha value is -2.03. The zero-order valence-corrected chi connectivity index (χ0v) is 11.5. The van der Waals surface area contributed by atoms with E-state index < -0.39 is 24.5 Å². The summed E-state index contributed by atoms with van der Waals surface area (Å²) in [5.74, 6) is -1.46. The first kappa shape index (κ1) is 17.0. The van der Waals surface area contributed by atoms with E-state index in [2.05, 4.69) is 9.72 Å². The van der Waals surface area contributed by atoms with Gasteiger partial charge in [-0.25, -0.2) is 4.98 Å². The first-order valence-corrected chi connectivity index (χ1v) is 5.98. The first-order valence-electron chi connectivity index (χ1n) is 5.98. The van der Waals surface area contributed by atoms with Crippen LogP contribution in [0.3, 0.4) is 0 Å². The van der Waals surface area contributed by atoms with Gasteiger partial charge in [0.1, 0.15) is 5.75 Å². The quantitative estimate of drug-likeness (QED) is 0.803. The lowest BCUT2D eigenvalue weighted by Gasteiger charge is -2.17. The lowest BCUT2D eigenvalue weighted by atomic mass is 10.1. The number of alkyl halides is 3. The number of hydrogen-bond donors (Lipinski definition) is 1. The zero-order chi connectivity index (χ0) is 16.0. The van der Waals surface area contributed by atoms with Crippen LogP contribution in [0.2, 0.25) is 0 Å². The molecule has 1 aromatic rings. The van der Waals surface area contributed by atoms with Gasteiger partial charge < -0.3 is 19.9 Å². The number of rotatable bonds is 6. The van der Waals surface area contributed by atoms with Gasteiger partial charge in [-0.3, -0.25) is 4.79 Å². The van der Waals surface area contributed by atoms with Gasteiger partial charge in [-0.05, 0) is 6.92 Å². The molecule has 9 heteroatoms. The molecule has 21 heavy (non-hydrogen) atoms. The summed E-state index contributed by atoms with van der Waals surface area (Å²) >= 11 is 0. The van der Waals surface area contributed by atoms with Crippen molar-refractivity contribution in [3.05, 3.63) is 17.3 Å². The summed E-state index contributed by atoms with van der Waals surface area (Å²) in [5, 5.41) is 0. The fourth-order valence-electron chi connectivity index (χ4n) is 1.64. The van der Waals surface area contributed by atoms with Crippen molar-refractivity contribution in [3.8, 4) is 11.6 Å². The van der Waals surface area contributed by atoms with Crippen LogP contribution < -0.4 is 15.2 Å². The van der Waals surface area contributed by atoms with Gasteiger partial charge in [0.15, 0.2) is 0 Å². The van der Waals surface area contributed by atoms with Crippen LogP contribution >= 0.6 is 0 Å². The average Bonchev–Trinajstić information content (AvgIpc) is 2.39. The van der Waals surface area contributed by atoms with Crippen LogP contribution in [0.1, 0.15) is 18.1 Å². The minimum Gasteiger partial charge on any atom is -0.481 e. The van der Waals surface area contributed by atoms with E-state index in [-0.39, 0.29) is 30.2 Å². The summed E-state index contributed by atoms with van der Waals surface area (Å²) < 4.78 is 51.1. The van der Waals surface area contributed by atoms with Gasteiger partial charge in [0.25, 0.3) is 0 Å².